The molecule has 1 aromatic carbocycles. The molecule has 0 spiro atoms. The number of para-hydroxylation sites is 1. The van der Waals surface area contributed by atoms with Crippen LogP contribution in [0.15, 0.2) is 23.2 Å². The third kappa shape index (κ3) is 9.15. The van der Waals surface area contributed by atoms with Crippen molar-refractivity contribution in [3.8, 4) is 11.5 Å². The maximum absolute atomic E-state index is 5.59. The molecule has 0 atom stereocenters. The number of nitrogens with one attached hydrogen (secondary N) is 2. The van der Waals surface area contributed by atoms with Crippen molar-refractivity contribution in [3.05, 3.63) is 23.8 Å². The fourth-order valence-electron chi connectivity index (χ4n) is 2.16. The molecule has 0 aliphatic carbocycles. The number of hydrogen-bond acceptors (Lipinski definition) is 4. The van der Waals surface area contributed by atoms with Gasteiger partial charge >= 0.3 is 0 Å². The maximum Gasteiger partial charge on any atom is 0.191 e. The first-order valence-corrected chi connectivity index (χ1v) is 8.34. The fourth-order valence-corrected chi connectivity index (χ4v) is 2.16. The quantitative estimate of drug-likeness (QED) is 0.241. The van der Waals surface area contributed by atoms with E-state index in [1.54, 1.807) is 21.3 Å². The topological polar surface area (TPSA) is 64.1 Å². The number of halogens is 1. The molecule has 0 bridgehead atoms. The molecule has 0 radical (unpaired) electrons. The monoisotopic (exact) mass is 465 g/mol. The van der Waals surface area contributed by atoms with Gasteiger partial charge in [-0.2, -0.15) is 0 Å². The smallest absolute Gasteiger partial charge is 0.191 e. The number of rotatable bonds is 10. The van der Waals surface area contributed by atoms with Crippen LogP contribution in [0.1, 0.15) is 25.8 Å². The van der Waals surface area contributed by atoms with Gasteiger partial charge in [0.1, 0.15) is 0 Å². The van der Waals surface area contributed by atoms with Crippen molar-refractivity contribution in [3.63, 3.8) is 0 Å². The van der Waals surface area contributed by atoms with Crippen LogP contribution in [0, 0.1) is 5.92 Å². The minimum atomic E-state index is 0. The van der Waals surface area contributed by atoms with Crippen LogP contribution in [0.5, 0.6) is 11.5 Å². The Hall–Kier alpha value is -1.22. The second kappa shape index (κ2) is 14.0. The summed E-state index contributed by atoms with van der Waals surface area (Å²) >= 11 is 0. The molecule has 2 N–H and O–H groups in total. The SMILES string of the molecule is CN=C(NCCOCCC(C)C)NCc1cccc(OC)c1OC.I. The predicted molar refractivity (Wildman–Crippen MR) is 113 cm³/mol. The second-order valence-corrected chi connectivity index (χ2v) is 5.80. The fraction of sp³-hybridized carbons (Fsp3) is 0.611. The number of benzene rings is 1. The third-order valence-electron chi connectivity index (χ3n) is 3.53. The van der Waals surface area contributed by atoms with Gasteiger partial charge in [0.25, 0.3) is 0 Å². The summed E-state index contributed by atoms with van der Waals surface area (Å²) in [5.74, 6) is 2.86. The molecule has 1 aromatic rings. The number of nitrogens with zero attached hydrogens (tertiary/aromatic N) is 1. The molecule has 0 aromatic heterocycles. The molecule has 0 saturated heterocycles. The molecule has 7 heteroatoms. The van der Waals surface area contributed by atoms with Crippen molar-refractivity contribution in [1.82, 2.24) is 10.6 Å². The number of methoxy groups -OCH3 is 2. The Morgan fingerprint density at radius 1 is 1.12 bits per heavy atom. The van der Waals surface area contributed by atoms with Gasteiger partial charge < -0.3 is 24.8 Å². The highest BCUT2D eigenvalue weighted by Crippen LogP contribution is 2.30. The Bertz CT molecular complexity index is 510. The van der Waals surface area contributed by atoms with Crippen molar-refractivity contribution in [2.45, 2.75) is 26.8 Å². The molecule has 0 saturated carbocycles. The zero-order valence-electron chi connectivity index (χ0n) is 15.9. The molecular formula is C18H32IN3O3. The third-order valence-corrected chi connectivity index (χ3v) is 3.53. The van der Waals surface area contributed by atoms with E-state index in [0.29, 0.717) is 25.6 Å². The Labute approximate surface area is 168 Å². The molecule has 0 heterocycles. The van der Waals surface area contributed by atoms with Gasteiger partial charge in [-0.25, -0.2) is 0 Å². The van der Waals surface area contributed by atoms with Crippen molar-refractivity contribution < 1.29 is 14.2 Å². The molecular weight excluding hydrogens is 433 g/mol. The molecule has 6 nitrogen and oxygen atoms in total. The molecule has 0 unspecified atom stereocenters. The highest BCUT2D eigenvalue weighted by molar-refractivity contribution is 14.0. The molecule has 0 fully saturated rings. The molecule has 0 amide bonds. The summed E-state index contributed by atoms with van der Waals surface area (Å²) in [5.41, 5.74) is 1.01. The number of hydrogen-bond donors (Lipinski definition) is 2. The minimum absolute atomic E-state index is 0. The predicted octanol–water partition coefficient (Wildman–Crippen LogP) is 3.05. The van der Waals surface area contributed by atoms with E-state index in [2.05, 4.69) is 29.5 Å². The molecule has 0 aliphatic rings. The van der Waals surface area contributed by atoms with Gasteiger partial charge in [0, 0.05) is 32.3 Å². The van der Waals surface area contributed by atoms with Crippen LogP contribution in [0.3, 0.4) is 0 Å². The average molecular weight is 465 g/mol. The van der Waals surface area contributed by atoms with Crippen molar-refractivity contribution in [2.75, 3.05) is 41.0 Å². The first-order valence-electron chi connectivity index (χ1n) is 8.34. The van der Waals surface area contributed by atoms with Crippen LogP contribution >= 0.6 is 24.0 Å². The van der Waals surface area contributed by atoms with Crippen molar-refractivity contribution in [1.29, 1.82) is 0 Å². The second-order valence-electron chi connectivity index (χ2n) is 5.80. The van der Waals surface area contributed by atoms with Crippen LogP contribution in [-0.2, 0) is 11.3 Å². The first-order chi connectivity index (χ1) is 11.6. The Morgan fingerprint density at radius 2 is 1.88 bits per heavy atom. The highest BCUT2D eigenvalue weighted by atomic mass is 127. The van der Waals surface area contributed by atoms with E-state index in [1.165, 1.54) is 0 Å². The normalized spacial score (nSPS) is 11.0. The highest BCUT2D eigenvalue weighted by Gasteiger charge is 2.09. The van der Waals surface area contributed by atoms with Gasteiger partial charge in [-0.3, -0.25) is 4.99 Å². The average Bonchev–Trinajstić information content (AvgIpc) is 2.59. The van der Waals surface area contributed by atoms with Gasteiger partial charge in [0.15, 0.2) is 17.5 Å². The minimum Gasteiger partial charge on any atom is -0.493 e. The van der Waals surface area contributed by atoms with E-state index >= 15 is 0 Å². The van der Waals surface area contributed by atoms with Crippen LogP contribution in [0.2, 0.25) is 0 Å². The number of ether oxygens (including phenoxy) is 3. The summed E-state index contributed by atoms with van der Waals surface area (Å²) in [6, 6.07) is 5.82. The van der Waals surface area contributed by atoms with Gasteiger partial charge in [-0.1, -0.05) is 26.0 Å². The summed E-state index contributed by atoms with van der Waals surface area (Å²) in [5, 5.41) is 6.50. The van der Waals surface area contributed by atoms with E-state index in [1.807, 2.05) is 18.2 Å². The zero-order chi connectivity index (χ0) is 17.8. The lowest BCUT2D eigenvalue weighted by atomic mass is 10.1. The molecule has 25 heavy (non-hydrogen) atoms. The van der Waals surface area contributed by atoms with Gasteiger partial charge in [-0.15, -0.1) is 24.0 Å². The van der Waals surface area contributed by atoms with E-state index in [4.69, 9.17) is 14.2 Å². The number of guanidine groups is 1. The molecule has 144 valence electrons. The standard InChI is InChI=1S/C18H31N3O3.HI/c1-14(2)9-11-24-12-10-20-18(19-3)21-13-15-7-6-8-16(22-4)17(15)23-5;/h6-8,14H,9-13H2,1-5H3,(H2,19,20,21);1H. The van der Waals surface area contributed by atoms with Crippen LogP contribution < -0.4 is 20.1 Å². The lowest BCUT2D eigenvalue weighted by molar-refractivity contribution is 0.128. The lowest BCUT2D eigenvalue weighted by Crippen LogP contribution is -2.38. The summed E-state index contributed by atoms with van der Waals surface area (Å²) in [7, 11) is 5.02. The summed E-state index contributed by atoms with van der Waals surface area (Å²) in [6.45, 7) is 7.16. The van der Waals surface area contributed by atoms with E-state index < -0.39 is 0 Å². The van der Waals surface area contributed by atoms with Gasteiger partial charge in [0.2, 0.25) is 0 Å². The lowest BCUT2D eigenvalue weighted by Gasteiger charge is -2.15. The van der Waals surface area contributed by atoms with Crippen LogP contribution in [0.4, 0.5) is 0 Å². The largest absolute Gasteiger partial charge is 0.493 e. The summed E-state index contributed by atoms with van der Waals surface area (Å²) in [6.07, 6.45) is 1.09. The van der Waals surface area contributed by atoms with Crippen molar-refractivity contribution >= 4 is 29.9 Å². The van der Waals surface area contributed by atoms with Crippen molar-refractivity contribution in [2.24, 2.45) is 10.9 Å². The number of aliphatic imine (C=N–C) groups is 1. The molecule has 1 rings (SSSR count). The Kier molecular flexibility index (Phi) is 13.3. The van der Waals surface area contributed by atoms with E-state index in [-0.39, 0.29) is 24.0 Å². The van der Waals surface area contributed by atoms with E-state index in [0.717, 1.165) is 36.0 Å². The maximum atomic E-state index is 5.59. The Balaban J connectivity index is 0.00000576. The summed E-state index contributed by atoms with van der Waals surface area (Å²) < 4.78 is 16.3. The first kappa shape index (κ1) is 23.8. The zero-order valence-corrected chi connectivity index (χ0v) is 18.3. The van der Waals surface area contributed by atoms with Crippen LogP contribution in [-0.4, -0.2) is 47.0 Å². The van der Waals surface area contributed by atoms with Crippen LogP contribution in [0.25, 0.3) is 0 Å². The Morgan fingerprint density at radius 3 is 2.48 bits per heavy atom. The van der Waals surface area contributed by atoms with Gasteiger partial charge in [-0.05, 0) is 18.4 Å². The molecule has 0 aliphatic heterocycles. The summed E-state index contributed by atoms with van der Waals surface area (Å²) in [4.78, 5) is 4.21. The van der Waals surface area contributed by atoms with Gasteiger partial charge in [0.05, 0.1) is 20.8 Å². The van der Waals surface area contributed by atoms with E-state index in [9.17, 15) is 0 Å².